The van der Waals surface area contributed by atoms with Crippen molar-refractivity contribution in [2.45, 2.75) is 26.7 Å². The fourth-order valence-corrected chi connectivity index (χ4v) is 1.46. The molecule has 2 nitrogen and oxygen atoms in total. The van der Waals surface area contributed by atoms with Gasteiger partial charge < -0.3 is 10.4 Å². The molecule has 0 bridgehead atoms. The normalized spacial score (nSPS) is 15.7. The zero-order valence-corrected chi connectivity index (χ0v) is 9.91. The predicted molar refractivity (Wildman–Crippen MR) is 61.4 cm³/mol. The largest absolute Gasteiger partial charge is 0.396 e. The van der Waals surface area contributed by atoms with Gasteiger partial charge in [-0.05, 0) is 31.4 Å². The molecular formula is C10H23NOS. The molecule has 0 spiro atoms. The van der Waals surface area contributed by atoms with Crippen LogP contribution in [0.2, 0.25) is 0 Å². The molecule has 0 radical (unpaired) electrons. The van der Waals surface area contributed by atoms with Crippen LogP contribution in [0.4, 0.5) is 0 Å². The van der Waals surface area contributed by atoms with Crippen molar-refractivity contribution in [1.82, 2.24) is 5.32 Å². The van der Waals surface area contributed by atoms with E-state index in [0.717, 1.165) is 19.5 Å². The average Bonchev–Trinajstić information content (AvgIpc) is 2.17. The lowest BCUT2D eigenvalue weighted by molar-refractivity contribution is 0.136. The van der Waals surface area contributed by atoms with Crippen molar-refractivity contribution in [3.8, 4) is 0 Å². The Kier molecular flexibility index (Phi) is 7.81. The van der Waals surface area contributed by atoms with Gasteiger partial charge in [0, 0.05) is 18.6 Å². The van der Waals surface area contributed by atoms with Gasteiger partial charge in [-0.3, -0.25) is 0 Å². The molecule has 1 atom stereocenters. The van der Waals surface area contributed by atoms with Crippen molar-refractivity contribution in [3.05, 3.63) is 0 Å². The summed E-state index contributed by atoms with van der Waals surface area (Å²) in [5, 5.41) is 12.5. The Balaban J connectivity index is 3.39. The van der Waals surface area contributed by atoms with Crippen LogP contribution in [0.15, 0.2) is 0 Å². The van der Waals surface area contributed by atoms with Gasteiger partial charge in [-0.1, -0.05) is 13.8 Å². The number of rotatable bonds is 8. The third kappa shape index (κ3) is 6.36. The minimum Gasteiger partial charge on any atom is -0.396 e. The highest BCUT2D eigenvalue weighted by Crippen LogP contribution is 2.18. The van der Waals surface area contributed by atoms with E-state index in [1.807, 2.05) is 11.8 Å². The summed E-state index contributed by atoms with van der Waals surface area (Å²) in [6, 6.07) is 0. The number of aliphatic hydroxyl groups excluding tert-OH is 1. The van der Waals surface area contributed by atoms with Crippen molar-refractivity contribution in [1.29, 1.82) is 0 Å². The maximum absolute atomic E-state index is 9.14. The van der Waals surface area contributed by atoms with Crippen LogP contribution in [0.1, 0.15) is 26.7 Å². The Morgan fingerprint density at radius 2 is 2.15 bits per heavy atom. The molecule has 3 heteroatoms. The fourth-order valence-electron chi connectivity index (χ4n) is 1.02. The summed E-state index contributed by atoms with van der Waals surface area (Å²) < 4.78 is 0. The summed E-state index contributed by atoms with van der Waals surface area (Å²) in [6.45, 7) is 6.51. The zero-order chi connectivity index (χ0) is 10.2. The molecule has 0 aliphatic heterocycles. The third-order valence-electron chi connectivity index (χ3n) is 2.49. The molecule has 0 aliphatic rings. The van der Waals surface area contributed by atoms with Crippen LogP contribution in [0.25, 0.3) is 0 Å². The van der Waals surface area contributed by atoms with Crippen LogP contribution in [0.3, 0.4) is 0 Å². The molecule has 80 valence electrons. The van der Waals surface area contributed by atoms with Gasteiger partial charge in [0.25, 0.3) is 0 Å². The van der Waals surface area contributed by atoms with Gasteiger partial charge >= 0.3 is 0 Å². The molecule has 0 aromatic heterocycles. The topological polar surface area (TPSA) is 32.3 Å². The van der Waals surface area contributed by atoms with Gasteiger partial charge in [-0.25, -0.2) is 0 Å². The molecule has 0 aromatic carbocycles. The Morgan fingerprint density at radius 1 is 1.46 bits per heavy atom. The maximum atomic E-state index is 9.14. The first-order chi connectivity index (χ1) is 6.18. The first-order valence-corrected chi connectivity index (χ1v) is 6.38. The van der Waals surface area contributed by atoms with Gasteiger partial charge in [-0.2, -0.15) is 11.8 Å². The first-order valence-electron chi connectivity index (χ1n) is 4.99. The number of thioether (sulfide) groups is 1. The average molecular weight is 205 g/mol. The Hall–Kier alpha value is 0.270. The van der Waals surface area contributed by atoms with E-state index in [-0.39, 0.29) is 12.0 Å². The van der Waals surface area contributed by atoms with E-state index < -0.39 is 0 Å². The third-order valence-corrected chi connectivity index (χ3v) is 3.19. The number of hydrogen-bond acceptors (Lipinski definition) is 3. The molecule has 13 heavy (non-hydrogen) atoms. The lowest BCUT2D eigenvalue weighted by Gasteiger charge is -2.25. The highest BCUT2D eigenvalue weighted by atomic mass is 32.2. The van der Waals surface area contributed by atoms with Crippen molar-refractivity contribution in [3.63, 3.8) is 0 Å². The highest BCUT2D eigenvalue weighted by molar-refractivity contribution is 7.98. The van der Waals surface area contributed by atoms with Crippen LogP contribution in [0.5, 0.6) is 0 Å². The molecule has 0 aliphatic carbocycles. The molecule has 1 unspecified atom stereocenters. The fraction of sp³-hybridized carbons (Fsp3) is 1.00. The van der Waals surface area contributed by atoms with Gasteiger partial charge in [-0.15, -0.1) is 0 Å². The minimum atomic E-state index is 0.0688. The van der Waals surface area contributed by atoms with Crippen molar-refractivity contribution >= 4 is 11.8 Å². The van der Waals surface area contributed by atoms with E-state index in [2.05, 4.69) is 25.4 Å². The molecule has 0 saturated carbocycles. The summed E-state index contributed by atoms with van der Waals surface area (Å²) in [5.41, 5.74) is 0.0688. The quantitative estimate of drug-likeness (QED) is 0.592. The summed E-state index contributed by atoms with van der Waals surface area (Å²) in [5.74, 6) is 1.22. The lowest BCUT2D eigenvalue weighted by atomic mass is 9.89. The van der Waals surface area contributed by atoms with E-state index in [1.165, 1.54) is 12.2 Å². The first kappa shape index (κ1) is 13.3. The zero-order valence-electron chi connectivity index (χ0n) is 9.10. The second-order valence-corrected chi connectivity index (χ2v) is 4.83. The van der Waals surface area contributed by atoms with E-state index in [9.17, 15) is 0 Å². The molecule has 0 rings (SSSR count). The van der Waals surface area contributed by atoms with E-state index in [4.69, 9.17) is 5.11 Å². The number of hydrogen-bond donors (Lipinski definition) is 2. The molecule has 0 heterocycles. The van der Waals surface area contributed by atoms with Gasteiger partial charge in [0.1, 0.15) is 0 Å². The molecule has 2 N–H and O–H groups in total. The summed E-state index contributed by atoms with van der Waals surface area (Å²) >= 11 is 1.88. The molecule has 0 aromatic rings. The van der Waals surface area contributed by atoms with Crippen LogP contribution < -0.4 is 5.32 Å². The lowest BCUT2D eigenvalue weighted by Crippen LogP contribution is -2.34. The second kappa shape index (κ2) is 7.65. The molecular weight excluding hydrogens is 182 g/mol. The van der Waals surface area contributed by atoms with Gasteiger partial charge in [0.05, 0.1) is 0 Å². The SMILES string of the molecule is CCC(C)(CO)CNCCCSC. The van der Waals surface area contributed by atoms with Crippen molar-refractivity contribution in [2.75, 3.05) is 31.7 Å². The summed E-state index contributed by atoms with van der Waals surface area (Å²) in [6.07, 6.45) is 4.37. The van der Waals surface area contributed by atoms with Gasteiger partial charge in [0.15, 0.2) is 0 Å². The minimum absolute atomic E-state index is 0.0688. The van der Waals surface area contributed by atoms with Crippen LogP contribution in [-0.2, 0) is 0 Å². The Morgan fingerprint density at radius 3 is 2.62 bits per heavy atom. The molecule has 0 amide bonds. The smallest absolute Gasteiger partial charge is 0.0496 e. The number of aliphatic hydroxyl groups is 1. The monoisotopic (exact) mass is 205 g/mol. The number of nitrogens with one attached hydrogen (secondary N) is 1. The Bertz CT molecular complexity index is 115. The second-order valence-electron chi connectivity index (χ2n) is 3.85. The van der Waals surface area contributed by atoms with Crippen molar-refractivity contribution in [2.24, 2.45) is 5.41 Å². The van der Waals surface area contributed by atoms with E-state index >= 15 is 0 Å². The van der Waals surface area contributed by atoms with E-state index in [0.29, 0.717) is 0 Å². The highest BCUT2D eigenvalue weighted by Gasteiger charge is 2.19. The summed E-state index contributed by atoms with van der Waals surface area (Å²) in [4.78, 5) is 0. The standard InChI is InChI=1S/C10H23NOS/c1-4-10(2,9-12)8-11-6-5-7-13-3/h11-12H,4-9H2,1-3H3. The predicted octanol–water partition coefficient (Wildman–Crippen LogP) is 1.74. The van der Waals surface area contributed by atoms with E-state index in [1.54, 1.807) is 0 Å². The van der Waals surface area contributed by atoms with Crippen molar-refractivity contribution < 1.29 is 5.11 Å². The van der Waals surface area contributed by atoms with Crippen LogP contribution >= 0.6 is 11.8 Å². The maximum Gasteiger partial charge on any atom is 0.0496 e. The van der Waals surface area contributed by atoms with Crippen LogP contribution in [-0.4, -0.2) is 36.8 Å². The molecule has 0 saturated heterocycles. The Labute approximate surface area is 86.5 Å². The summed E-state index contributed by atoms with van der Waals surface area (Å²) in [7, 11) is 0. The van der Waals surface area contributed by atoms with Gasteiger partial charge in [0.2, 0.25) is 0 Å². The molecule has 0 fully saturated rings. The van der Waals surface area contributed by atoms with Crippen LogP contribution in [0, 0.1) is 5.41 Å².